The number of nitrogens with zero attached hydrogens (tertiary/aromatic N) is 2. The Bertz CT molecular complexity index is 734. The maximum Gasteiger partial charge on any atom is 0.257 e. The third kappa shape index (κ3) is 2.46. The molecule has 1 aliphatic rings. The zero-order valence-electron chi connectivity index (χ0n) is 11.6. The first-order valence-electron chi connectivity index (χ1n) is 6.70. The lowest BCUT2D eigenvalue weighted by Crippen LogP contribution is -2.29. The summed E-state index contributed by atoms with van der Waals surface area (Å²) in [6, 6.07) is 16.7. The van der Waals surface area contributed by atoms with Crippen LogP contribution in [0.5, 0.6) is 5.75 Å². The highest BCUT2D eigenvalue weighted by atomic mass is 16.5. The molecule has 1 amide bonds. The van der Waals surface area contributed by atoms with Gasteiger partial charge in [0.25, 0.3) is 5.91 Å². The van der Waals surface area contributed by atoms with Crippen molar-refractivity contribution in [1.29, 1.82) is 5.26 Å². The number of hydrogen-bond acceptors (Lipinski definition) is 3. The minimum absolute atomic E-state index is 0.0514. The number of carbonyl (C=O) groups is 1. The highest BCUT2D eigenvalue weighted by Gasteiger charge is 2.27. The Morgan fingerprint density at radius 1 is 1.24 bits per heavy atom. The molecular weight excluding hydrogens is 264 g/mol. The molecule has 0 spiro atoms. The average Bonchev–Trinajstić information content (AvgIpc) is 2.65. The van der Waals surface area contributed by atoms with Crippen molar-refractivity contribution >= 4 is 5.91 Å². The summed E-state index contributed by atoms with van der Waals surface area (Å²) >= 11 is 0. The van der Waals surface area contributed by atoms with Gasteiger partial charge < -0.3 is 9.64 Å². The molecule has 4 nitrogen and oxygen atoms in total. The van der Waals surface area contributed by atoms with E-state index in [1.165, 1.54) is 0 Å². The molecule has 0 aliphatic carbocycles. The predicted octanol–water partition coefficient (Wildman–Crippen LogP) is 2.76. The van der Waals surface area contributed by atoms with Crippen LogP contribution < -0.4 is 4.74 Å². The van der Waals surface area contributed by atoms with Crippen molar-refractivity contribution in [2.45, 2.75) is 6.10 Å². The van der Waals surface area contributed by atoms with E-state index < -0.39 is 0 Å². The van der Waals surface area contributed by atoms with Crippen LogP contribution in [0.1, 0.15) is 27.6 Å². The Labute approximate surface area is 123 Å². The number of amides is 1. The number of fused-ring (bicyclic) bond motifs is 1. The van der Waals surface area contributed by atoms with Crippen molar-refractivity contribution < 1.29 is 9.53 Å². The molecule has 0 bridgehead atoms. The van der Waals surface area contributed by atoms with Crippen molar-refractivity contribution in [3.8, 4) is 11.8 Å². The van der Waals surface area contributed by atoms with Crippen LogP contribution in [0.2, 0.25) is 0 Å². The molecule has 4 heteroatoms. The van der Waals surface area contributed by atoms with E-state index in [2.05, 4.69) is 6.07 Å². The molecule has 0 fully saturated rings. The number of rotatable bonds is 1. The molecule has 0 radical (unpaired) electrons. The van der Waals surface area contributed by atoms with E-state index in [1.807, 2.05) is 24.3 Å². The second-order valence-corrected chi connectivity index (χ2v) is 5.03. The molecule has 2 aromatic carbocycles. The first kappa shape index (κ1) is 13.2. The molecule has 2 aromatic rings. The molecular formula is C17H14N2O2. The standard InChI is InChI=1S/C17H14N2O2/c1-19-11-16(13-6-4-5-12(9-13)10-18)21-15-8-3-2-7-14(15)17(19)20/h2-9,16H,11H2,1H3/t16-/m0/s1. The Balaban J connectivity index is 2.02. The van der Waals surface area contributed by atoms with Crippen LogP contribution in [0.3, 0.4) is 0 Å². The zero-order chi connectivity index (χ0) is 14.8. The van der Waals surface area contributed by atoms with Crippen LogP contribution in [0, 0.1) is 11.3 Å². The number of benzene rings is 2. The van der Waals surface area contributed by atoms with E-state index in [-0.39, 0.29) is 12.0 Å². The molecule has 1 heterocycles. The third-order valence-electron chi connectivity index (χ3n) is 3.56. The van der Waals surface area contributed by atoms with E-state index in [0.717, 1.165) is 5.56 Å². The Kier molecular flexibility index (Phi) is 3.33. The molecule has 0 saturated heterocycles. The van der Waals surface area contributed by atoms with Gasteiger partial charge in [-0.25, -0.2) is 0 Å². The Morgan fingerprint density at radius 2 is 2.05 bits per heavy atom. The lowest BCUT2D eigenvalue weighted by molar-refractivity contribution is 0.0761. The first-order valence-corrected chi connectivity index (χ1v) is 6.70. The Morgan fingerprint density at radius 3 is 2.86 bits per heavy atom. The lowest BCUT2D eigenvalue weighted by Gasteiger charge is -2.21. The van der Waals surface area contributed by atoms with Crippen molar-refractivity contribution in [3.05, 3.63) is 65.2 Å². The van der Waals surface area contributed by atoms with Gasteiger partial charge in [-0.1, -0.05) is 24.3 Å². The number of likely N-dealkylation sites (N-methyl/N-ethyl adjacent to an activating group) is 1. The fraction of sp³-hybridized carbons (Fsp3) is 0.176. The van der Waals surface area contributed by atoms with E-state index in [1.54, 1.807) is 36.2 Å². The second-order valence-electron chi connectivity index (χ2n) is 5.03. The van der Waals surface area contributed by atoms with E-state index in [4.69, 9.17) is 10.00 Å². The fourth-order valence-corrected chi connectivity index (χ4v) is 2.46. The summed E-state index contributed by atoms with van der Waals surface area (Å²) in [6.45, 7) is 0.447. The Hall–Kier alpha value is -2.80. The van der Waals surface area contributed by atoms with E-state index in [0.29, 0.717) is 23.4 Å². The quantitative estimate of drug-likeness (QED) is 0.806. The highest BCUT2D eigenvalue weighted by Crippen LogP contribution is 2.30. The van der Waals surface area contributed by atoms with Gasteiger partial charge in [-0.15, -0.1) is 0 Å². The fourth-order valence-electron chi connectivity index (χ4n) is 2.46. The molecule has 0 N–H and O–H groups in total. The second kappa shape index (κ2) is 5.29. The van der Waals surface area contributed by atoms with Gasteiger partial charge in [-0.2, -0.15) is 5.26 Å². The molecule has 0 saturated carbocycles. The van der Waals surface area contributed by atoms with Crippen LogP contribution in [0.25, 0.3) is 0 Å². The summed E-state index contributed by atoms with van der Waals surface area (Å²) in [6.07, 6.45) is -0.282. The van der Waals surface area contributed by atoms with Crippen molar-refractivity contribution in [2.75, 3.05) is 13.6 Å². The van der Waals surface area contributed by atoms with Crippen LogP contribution >= 0.6 is 0 Å². The van der Waals surface area contributed by atoms with Crippen LogP contribution in [0.4, 0.5) is 0 Å². The van der Waals surface area contributed by atoms with Gasteiger partial charge in [0.1, 0.15) is 11.9 Å². The molecule has 3 rings (SSSR count). The molecule has 1 aliphatic heterocycles. The summed E-state index contributed by atoms with van der Waals surface area (Å²) in [5, 5.41) is 9.01. The van der Waals surface area contributed by atoms with Crippen molar-refractivity contribution in [2.24, 2.45) is 0 Å². The minimum Gasteiger partial charge on any atom is -0.483 e. The van der Waals surface area contributed by atoms with Crippen molar-refractivity contribution in [1.82, 2.24) is 4.90 Å². The molecule has 104 valence electrons. The maximum atomic E-state index is 12.3. The average molecular weight is 278 g/mol. The zero-order valence-corrected chi connectivity index (χ0v) is 11.6. The van der Waals surface area contributed by atoms with Gasteiger partial charge >= 0.3 is 0 Å². The van der Waals surface area contributed by atoms with Crippen molar-refractivity contribution in [3.63, 3.8) is 0 Å². The first-order chi connectivity index (χ1) is 10.2. The normalized spacial score (nSPS) is 17.4. The number of carbonyl (C=O) groups excluding carboxylic acids is 1. The van der Waals surface area contributed by atoms with Crippen LogP contribution in [-0.4, -0.2) is 24.4 Å². The summed E-state index contributed by atoms with van der Waals surface area (Å²) in [7, 11) is 1.76. The summed E-state index contributed by atoms with van der Waals surface area (Å²) in [5.41, 5.74) is 2.05. The summed E-state index contributed by atoms with van der Waals surface area (Å²) in [4.78, 5) is 14.0. The monoisotopic (exact) mass is 278 g/mol. The largest absolute Gasteiger partial charge is 0.483 e. The number of para-hydroxylation sites is 1. The number of ether oxygens (including phenoxy) is 1. The van der Waals surface area contributed by atoms with Crippen LogP contribution in [0.15, 0.2) is 48.5 Å². The van der Waals surface area contributed by atoms with E-state index >= 15 is 0 Å². The third-order valence-corrected chi connectivity index (χ3v) is 3.56. The van der Waals surface area contributed by atoms with Gasteiger partial charge in [-0.3, -0.25) is 4.79 Å². The lowest BCUT2D eigenvalue weighted by atomic mass is 10.1. The number of nitriles is 1. The maximum absolute atomic E-state index is 12.3. The predicted molar refractivity (Wildman–Crippen MR) is 77.9 cm³/mol. The highest BCUT2D eigenvalue weighted by molar-refractivity contribution is 5.97. The van der Waals surface area contributed by atoms with Gasteiger partial charge in [0.2, 0.25) is 0 Å². The smallest absolute Gasteiger partial charge is 0.257 e. The van der Waals surface area contributed by atoms with E-state index in [9.17, 15) is 4.79 Å². The molecule has 21 heavy (non-hydrogen) atoms. The molecule has 0 aromatic heterocycles. The SMILES string of the molecule is CN1C[C@@H](c2cccc(C#N)c2)Oc2ccccc2C1=O. The van der Waals surface area contributed by atoms with Crippen LogP contribution in [-0.2, 0) is 0 Å². The van der Waals surface area contributed by atoms with Gasteiger partial charge in [-0.05, 0) is 29.8 Å². The molecule has 0 unspecified atom stereocenters. The van der Waals surface area contributed by atoms with Gasteiger partial charge in [0.05, 0.1) is 23.7 Å². The van der Waals surface area contributed by atoms with Gasteiger partial charge in [0, 0.05) is 7.05 Å². The van der Waals surface area contributed by atoms with Gasteiger partial charge in [0.15, 0.2) is 0 Å². The minimum atomic E-state index is -0.282. The summed E-state index contributed by atoms with van der Waals surface area (Å²) < 4.78 is 6.01. The number of hydrogen-bond donors (Lipinski definition) is 0. The summed E-state index contributed by atoms with van der Waals surface area (Å²) in [5.74, 6) is 0.531. The topological polar surface area (TPSA) is 53.3 Å². The molecule has 1 atom stereocenters.